The van der Waals surface area contributed by atoms with Crippen LogP contribution in [0.5, 0.6) is 0 Å². The summed E-state index contributed by atoms with van der Waals surface area (Å²) in [5.41, 5.74) is 2.07. The molecule has 0 saturated carbocycles. The normalized spacial score (nSPS) is 14.3. The highest BCUT2D eigenvalue weighted by atomic mass is 16.5. The first-order valence-corrected chi connectivity index (χ1v) is 10.4. The number of rotatable bonds is 5. The number of fused-ring (bicyclic) bond motifs is 1. The molecule has 0 radical (unpaired) electrons. The van der Waals surface area contributed by atoms with E-state index in [1.165, 1.54) is 10.9 Å². The van der Waals surface area contributed by atoms with Crippen LogP contribution in [0.1, 0.15) is 23.4 Å². The zero-order valence-corrected chi connectivity index (χ0v) is 17.7. The number of hydrogen-bond acceptors (Lipinski definition) is 6. The summed E-state index contributed by atoms with van der Waals surface area (Å²) in [6.45, 7) is 5.85. The summed E-state index contributed by atoms with van der Waals surface area (Å²) in [5.74, 6) is 0.645. The van der Waals surface area contributed by atoms with Crippen molar-refractivity contribution in [2.45, 2.75) is 33.2 Å². The van der Waals surface area contributed by atoms with Crippen LogP contribution < -0.4 is 5.56 Å². The van der Waals surface area contributed by atoms with E-state index < -0.39 is 0 Å². The first-order chi connectivity index (χ1) is 14.9. The average Bonchev–Trinajstić information content (AvgIpc) is 3.10. The van der Waals surface area contributed by atoms with Gasteiger partial charge in [-0.15, -0.1) is 0 Å². The van der Waals surface area contributed by atoms with Gasteiger partial charge in [-0.25, -0.2) is 4.98 Å². The molecule has 162 valence electrons. The fraction of sp³-hybridized carbons (Fsp3) is 0.409. The van der Waals surface area contributed by atoms with Crippen molar-refractivity contribution in [1.29, 1.82) is 0 Å². The van der Waals surface area contributed by atoms with Gasteiger partial charge in [0.2, 0.25) is 11.8 Å². The van der Waals surface area contributed by atoms with Gasteiger partial charge in [-0.1, -0.05) is 17.3 Å². The second kappa shape index (κ2) is 8.71. The third-order valence-corrected chi connectivity index (χ3v) is 5.79. The number of nitrogens with zero attached hydrogens (tertiary/aromatic N) is 5. The monoisotopic (exact) mass is 423 g/mol. The van der Waals surface area contributed by atoms with E-state index in [9.17, 15) is 14.4 Å². The minimum absolute atomic E-state index is 0.00953. The summed E-state index contributed by atoms with van der Waals surface area (Å²) in [5, 5.41) is 4.43. The molecule has 0 aliphatic carbocycles. The Morgan fingerprint density at radius 1 is 1.03 bits per heavy atom. The van der Waals surface area contributed by atoms with Gasteiger partial charge in [0.1, 0.15) is 5.76 Å². The standard InChI is InChI=1S/C22H25N5O4/c1-15-18(16(2)31-24-15)13-21(29)26-11-9-25(10-12-26)20(28)7-8-27-14-23-19-6-4-3-5-17(19)22(27)30/h3-6,14H,7-13H2,1-2H3. The highest BCUT2D eigenvalue weighted by Gasteiger charge is 2.25. The average molecular weight is 423 g/mol. The molecule has 1 aliphatic heterocycles. The van der Waals surface area contributed by atoms with Crippen molar-refractivity contribution in [3.63, 3.8) is 0 Å². The van der Waals surface area contributed by atoms with E-state index in [4.69, 9.17) is 4.52 Å². The van der Waals surface area contributed by atoms with Gasteiger partial charge in [-0.2, -0.15) is 0 Å². The molecule has 0 spiro atoms. The fourth-order valence-electron chi connectivity index (χ4n) is 3.86. The van der Waals surface area contributed by atoms with Gasteiger partial charge in [0, 0.05) is 44.7 Å². The van der Waals surface area contributed by atoms with E-state index in [0.717, 1.165) is 11.3 Å². The Morgan fingerprint density at radius 2 is 1.71 bits per heavy atom. The van der Waals surface area contributed by atoms with E-state index in [1.54, 1.807) is 34.9 Å². The summed E-state index contributed by atoms with van der Waals surface area (Å²) in [7, 11) is 0. The van der Waals surface area contributed by atoms with Gasteiger partial charge in [0.05, 0.1) is 29.3 Å². The maximum atomic E-state index is 12.6. The summed E-state index contributed by atoms with van der Waals surface area (Å²) in [4.78, 5) is 45.6. The zero-order valence-electron chi connectivity index (χ0n) is 17.7. The lowest BCUT2D eigenvalue weighted by Crippen LogP contribution is -2.51. The molecule has 0 N–H and O–H groups in total. The van der Waals surface area contributed by atoms with Gasteiger partial charge in [-0.3, -0.25) is 19.0 Å². The van der Waals surface area contributed by atoms with Crippen LogP contribution in [0.3, 0.4) is 0 Å². The van der Waals surface area contributed by atoms with Gasteiger partial charge in [0.25, 0.3) is 5.56 Å². The van der Waals surface area contributed by atoms with Gasteiger partial charge < -0.3 is 14.3 Å². The van der Waals surface area contributed by atoms with Crippen LogP contribution in [0, 0.1) is 13.8 Å². The molecule has 9 heteroatoms. The second-order valence-electron chi connectivity index (χ2n) is 7.75. The molecule has 2 aromatic heterocycles. The number of carbonyl (C=O) groups is 2. The molecule has 0 unspecified atom stereocenters. The van der Waals surface area contributed by atoms with Crippen LogP contribution in [0.15, 0.2) is 39.9 Å². The Bertz CT molecular complexity index is 1150. The molecule has 0 bridgehead atoms. The Balaban J connectivity index is 1.30. The lowest BCUT2D eigenvalue weighted by molar-refractivity contribution is -0.139. The Hall–Kier alpha value is -3.49. The number of aryl methyl sites for hydroxylation is 3. The van der Waals surface area contributed by atoms with Crippen LogP contribution in [0.25, 0.3) is 10.9 Å². The lowest BCUT2D eigenvalue weighted by Gasteiger charge is -2.35. The molecule has 4 rings (SSSR count). The minimum atomic E-state index is -0.145. The number of piperazine rings is 1. The van der Waals surface area contributed by atoms with Gasteiger partial charge in [0.15, 0.2) is 0 Å². The molecule has 1 aliphatic rings. The first-order valence-electron chi connectivity index (χ1n) is 10.4. The van der Waals surface area contributed by atoms with Crippen molar-refractivity contribution in [2.24, 2.45) is 0 Å². The van der Waals surface area contributed by atoms with E-state index >= 15 is 0 Å². The molecular weight excluding hydrogens is 398 g/mol. The highest BCUT2D eigenvalue weighted by molar-refractivity contribution is 5.80. The minimum Gasteiger partial charge on any atom is -0.361 e. The topological polar surface area (TPSA) is 102 Å². The molecule has 1 aromatic carbocycles. The smallest absolute Gasteiger partial charge is 0.261 e. The van der Waals surface area contributed by atoms with Crippen molar-refractivity contribution in [1.82, 2.24) is 24.5 Å². The van der Waals surface area contributed by atoms with E-state index in [2.05, 4.69) is 10.1 Å². The molecule has 0 atom stereocenters. The van der Waals surface area contributed by atoms with Crippen LogP contribution in [-0.4, -0.2) is 62.5 Å². The molecular formula is C22H25N5O4. The zero-order chi connectivity index (χ0) is 22.0. The van der Waals surface area contributed by atoms with Crippen LogP contribution >= 0.6 is 0 Å². The van der Waals surface area contributed by atoms with Crippen LogP contribution in [-0.2, 0) is 22.6 Å². The first kappa shape index (κ1) is 20.8. The molecule has 31 heavy (non-hydrogen) atoms. The number of amides is 2. The largest absolute Gasteiger partial charge is 0.361 e. The maximum Gasteiger partial charge on any atom is 0.261 e. The molecule has 2 amide bonds. The van der Waals surface area contributed by atoms with Crippen molar-refractivity contribution in [3.05, 3.63) is 58.0 Å². The predicted octanol–water partition coefficient (Wildman–Crippen LogP) is 1.30. The van der Waals surface area contributed by atoms with E-state index in [1.807, 2.05) is 13.0 Å². The van der Waals surface area contributed by atoms with Crippen molar-refractivity contribution < 1.29 is 14.1 Å². The van der Waals surface area contributed by atoms with Crippen molar-refractivity contribution >= 4 is 22.7 Å². The van der Waals surface area contributed by atoms with E-state index in [0.29, 0.717) is 42.8 Å². The second-order valence-corrected chi connectivity index (χ2v) is 7.75. The molecule has 9 nitrogen and oxygen atoms in total. The molecule has 3 aromatic rings. The van der Waals surface area contributed by atoms with Gasteiger partial charge >= 0.3 is 0 Å². The number of para-hydroxylation sites is 1. The third-order valence-electron chi connectivity index (χ3n) is 5.79. The van der Waals surface area contributed by atoms with Crippen molar-refractivity contribution in [2.75, 3.05) is 26.2 Å². The number of aromatic nitrogens is 3. The third kappa shape index (κ3) is 4.35. The molecule has 1 saturated heterocycles. The van der Waals surface area contributed by atoms with Crippen LogP contribution in [0.4, 0.5) is 0 Å². The summed E-state index contributed by atoms with van der Waals surface area (Å²) >= 11 is 0. The SMILES string of the molecule is Cc1noc(C)c1CC(=O)N1CCN(C(=O)CCn2cnc3ccccc3c2=O)CC1. The van der Waals surface area contributed by atoms with E-state index in [-0.39, 0.29) is 36.8 Å². The number of benzene rings is 1. The van der Waals surface area contributed by atoms with Crippen LogP contribution in [0.2, 0.25) is 0 Å². The number of carbonyl (C=O) groups excluding carboxylic acids is 2. The Kier molecular flexibility index (Phi) is 5.83. The lowest BCUT2D eigenvalue weighted by atomic mass is 10.1. The summed E-state index contributed by atoms with van der Waals surface area (Å²) in [6.07, 6.45) is 1.96. The van der Waals surface area contributed by atoms with Crippen molar-refractivity contribution in [3.8, 4) is 0 Å². The predicted molar refractivity (Wildman–Crippen MR) is 113 cm³/mol. The quantitative estimate of drug-likeness (QED) is 0.613. The molecule has 3 heterocycles. The summed E-state index contributed by atoms with van der Waals surface area (Å²) in [6, 6.07) is 7.16. The Labute approximate surface area is 179 Å². The highest BCUT2D eigenvalue weighted by Crippen LogP contribution is 2.15. The Morgan fingerprint density at radius 3 is 2.39 bits per heavy atom. The fourth-order valence-corrected chi connectivity index (χ4v) is 3.86. The maximum absolute atomic E-state index is 12.6. The van der Waals surface area contributed by atoms with Gasteiger partial charge in [-0.05, 0) is 26.0 Å². The molecule has 1 fully saturated rings. The number of hydrogen-bond donors (Lipinski definition) is 0. The summed E-state index contributed by atoms with van der Waals surface area (Å²) < 4.78 is 6.60.